The van der Waals surface area contributed by atoms with Crippen LogP contribution in [-0.2, 0) is 14.8 Å². The molecule has 0 unspecified atom stereocenters. The van der Waals surface area contributed by atoms with Gasteiger partial charge in [0, 0.05) is 0 Å². The van der Waals surface area contributed by atoms with Gasteiger partial charge in [-0.1, -0.05) is 12.1 Å². The fourth-order valence-corrected chi connectivity index (χ4v) is 2.49. The number of halogens is 1. The van der Waals surface area contributed by atoms with Crippen molar-refractivity contribution in [3.05, 3.63) is 53.8 Å². The molecule has 0 fully saturated rings. The van der Waals surface area contributed by atoms with Crippen molar-refractivity contribution in [3.63, 3.8) is 0 Å². The van der Waals surface area contributed by atoms with Gasteiger partial charge in [0.05, 0.1) is 12.0 Å². The maximum Gasteiger partial charge on any atom is 0.342 e. The highest BCUT2D eigenvalue weighted by Gasteiger charge is 2.18. The summed E-state index contributed by atoms with van der Waals surface area (Å²) >= 11 is 0. The number of ether oxygens (including phenoxy) is 3. The maximum absolute atomic E-state index is 13.4. The van der Waals surface area contributed by atoms with E-state index in [-0.39, 0.29) is 35.2 Å². The Morgan fingerprint density at radius 2 is 1.84 bits per heavy atom. The summed E-state index contributed by atoms with van der Waals surface area (Å²) in [5, 5.41) is 5.04. The third-order valence-electron chi connectivity index (χ3n) is 3.13. The number of nitrogens with two attached hydrogens (primary N) is 1. The Morgan fingerprint density at radius 3 is 2.48 bits per heavy atom. The van der Waals surface area contributed by atoms with E-state index < -0.39 is 21.8 Å². The minimum Gasteiger partial charge on any atom is -0.496 e. The number of hydrogen-bond donors (Lipinski definition) is 1. The van der Waals surface area contributed by atoms with Crippen LogP contribution in [0, 0.1) is 5.82 Å². The zero-order valence-electron chi connectivity index (χ0n) is 13.3. The van der Waals surface area contributed by atoms with Gasteiger partial charge in [-0.3, -0.25) is 0 Å². The number of primary sulfonamides is 1. The summed E-state index contributed by atoms with van der Waals surface area (Å²) in [7, 11) is -2.66. The van der Waals surface area contributed by atoms with E-state index in [1.165, 1.54) is 37.4 Å². The number of carbonyl (C=O) groups excluding carboxylic acids is 1. The molecule has 0 saturated heterocycles. The van der Waals surface area contributed by atoms with Crippen LogP contribution in [0.3, 0.4) is 0 Å². The van der Waals surface area contributed by atoms with Crippen LogP contribution in [0.4, 0.5) is 4.39 Å². The van der Waals surface area contributed by atoms with Crippen LogP contribution in [0.2, 0.25) is 0 Å². The first-order chi connectivity index (χ1) is 11.8. The van der Waals surface area contributed by atoms with Crippen molar-refractivity contribution in [3.8, 4) is 11.5 Å². The van der Waals surface area contributed by atoms with Crippen LogP contribution in [0.25, 0.3) is 0 Å². The lowest BCUT2D eigenvalue weighted by Crippen LogP contribution is -2.16. The Kier molecular flexibility index (Phi) is 5.94. The van der Waals surface area contributed by atoms with Gasteiger partial charge in [-0.15, -0.1) is 0 Å². The lowest BCUT2D eigenvalue weighted by Gasteiger charge is -2.11. The second-order valence-electron chi connectivity index (χ2n) is 4.82. The molecule has 25 heavy (non-hydrogen) atoms. The molecular formula is C16H16FNO6S. The Hall–Kier alpha value is -2.65. The van der Waals surface area contributed by atoms with E-state index in [1.807, 2.05) is 0 Å². The third kappa shape index (κ3) is 4.91. The average Bonchev–Trinajstić information content (AvgIpc) is 2.58. The number of para-hydroxylation sites is 1. The molecule has 9 heteroatoms. The van der Waals surface area contributed by atoms with Crippen LogP contribution in [0.1, 0.15) is 10.4 Å². The van der Waals surface area contributed by atoms with E-state index in [1.54, 1.807) is 6.07 Å². The highest BCUT2D eigenvalue weighted by molar-refractivity contribution is 7.89. The molecule has 0 aromatic heterocycles. The van der Waals surface area contributed by atoms with E-state index >= 15 is 0 Å². The quantitative estimate of drug-likeness (QED) is 0.588. The summed E-state index contributed by atoms with van der Waals surface area (Å²) < 4.78 is 51.3. The number of esters is 1. The first-order valence-corrected chi connectivity index (χ1v) is 8.63. The molecule has 0 amide bonds. The van der Waals surface area contributed by atoms with Crippen LogP contribution < -0.4 is 14.6 Å². The van der Waals surface area contributed by atoms with Crippen molar-refractivity contribution in [1.29, 1.82) is 0 Å². The summed E-state index contributed by atoms with van der Waals surface area (Å²) in [5.74, 6) is -1.18. The first kappa shape index (κ1) is 18.7. The van der Waals surface area contributed by atoms with Crippen molar-refractivity contribution >= 4 is 16.0 Å². The number of methoxy groups -OCH3 is 1. The van der Waals surface area contributed by atoms with Gasteiger partial charge in [-0.05, 0) is 30.3 Å². The monoisotopic (exact) mass is 369 g/mol. The largest absolute Gasteiger partial charge is 0.496 e. The molecule has 0 bridgehead atoms. The van der Waals surface area contributed by atoms with Crippen molar-refractivity contribution in [1.82, 2.24) is 0 Å². The Balaban J connectivity index is 2.02. The van der Waals surface area contributed by atoms with Gasteiger partial charge in [0.2, 0.25) is 10.0 Å². The lowest BCUT2D eigenvalue weighted by molar-refractivity contribution is 0.0444. The van der Waals surface area contributed by atoms with Crippen LogP contribution in [-0.4, -0.2) is 34.7 Å². The van der Waals surface area contributed by atoms with Crippen LogP contribution in [0.15, 0.2) is 47.4 Å². The molecule has 0 radical (unpaired) electrons. The van der Waals surface area contributed by atoms with Gasteiger partial charge in [0.1, 0.15) is 24.5 Å². The molecule has 0 spiro atoms. The number of sulfonamides is 1. The van der Waals surface area contributed by atoms with E-state index in [4.69, 9.17) is 19.3 Å². The first-order valence-electron chi connectivity index (χ1n) is 7.08. The summed E-state index contributed by atoms with van der Waals surface area (Å²) in [5.41, 5.74) is -0.0973. The Bertz CT molecular complexity index is 869. The standard InChI is InChI=1S/C16H16FNO6S/c1-22-14-7-6-11(25(18,20)21)10-12(14)16(19)24-9-8-23-15-5-3-2-4-13(15)17/h2-7,10H,8-9H2,1H3,(H2,18,20,21). The molecule has 2 aromatic rings. The zero-order chi connectivity index (χ0) is 18.4. The third-order valence-corrected chi connectivity index (χ3v) is 4.04. The van der Waals surface area contributed by atoms with E-state index in [0.717, 1.165) is 6.07 Å². The Morgan fingerprint density at radius 1 is 1.12 bits per heavy atom. The predicted molar refractivity (Wildman–Crippen MR) is 86.5 cm³/mol. The molecule has 0 heterocycles. The number of benzene rings is 2. The minimum atomic E-state index is -3.98. The van der Waals surface area contributed by atoms with Gasteiger partial charge in [0.25, 0.3) is 0 Å². The molecule has 0 aliphatic carbocycles. The Labute approximate surface area is 144 Å². The topological polar surface area (TPSA) is 105 Å². The molecule has 0 saturated carbocycles. The molecular weight excluding hydrogens is 353 g/mol. The van der Waals surface area contributed by atoms with Crippen LogP contribution >= 0.6 is 0 Å². The molecule has 134 valence electrons. The zero-order valence-corrected chi connectivity index (χ0v) is 14.1. The van der Waals surface area contributed by atoms with Crippen LogP contribution in [0.5, 0.6) is 11.5 Å². The van der Waals surface area contributed by atoms with Crippen molar-refractivity contribution < 1.29 is 31.8 Å². The highest BCUT2D eigenvalue weighted by atomic mass is 32.2. The average molecular weight is 369 g/mol. The second-order valence-corrected chi connectivity index (χ2v) is 6.38. The van der Waals surface area contributed by atoms with E-state index in [2.05, 4.69) is 0 Å². The molecule has 7 nitrogen and oxygen atoms in total. The normalized spacial score (nSPS) is 11.0. The maximum atomic E-state index is 13.4. The second kappa shape index (κ2) is 7.95. The number of rotatable bonds is 7. The predicted octanol–water partition coefficient (Wildman–Crippen LogP) is 1.72. The van der Waals surface area contributed by atoms with Gasteiger partial charge >= 0.3 is 5.97 Å². The minimum absolute atomic E-state index is 0.0346. The van der Waals surface area contributed by atoms with Gasteiger partial charge in [-0.25, -0.2) is 22.7 Å². The van der Waals surface area contributed by atoms with E-state index in [0.29, 0.717) is 0 Å². The molecule has 0 aliphatic rings. The molecule has 2 N–H and O–H groups in total. The fourth-order valence-electron chi connectivity index (χ4n) is 1.95. The lowest BCUT2D eigenvalue weighted by atomic mass is 10.2. The number of carbonyl (C=O) groups is 1. The summed E-state index contributed by atoms with van der Waals surface area (Å²) in [4.78, 5) is 11.9. The summed E-state index contributed by atoms with van der Waals surface area (Å²) in [6, 6.07) is 9.38. The molecule has 2 aromatic carbocycles. The molecule has 0 atom stereocenters. The molecule has 0 aliphatic heterocycles. The summed E-state index contributed by atoms with van der Waals surface area (Å²) in [6.45, 7) is -0.250. The smallest absolute Gasteiger partial charge is 0.342 e. The van der Waals surface area contributed by atoms with Gasteiger partial charge < -0.3 is 14.2 Å². The van der Waals surface area contributed by atoms with Gasteiger partial charge in [-0.2, -0.15) is 0 Å². The summed E-state index contributed by atoms with van der Waals surface area (Å²) in [6.07, 6.45) is 0. The SMILES string of the molecule is COc1ccc(S(N)(=O)=O)cc1C(=O)OCCOc1ccccc1F. The fraction of sp³-hybridized carbons (Fsp3) is 0.188. The van der Waals surface area contributed by atoms with E-state index in [9.17, 15) is 17.6 Å². The van der Waals surface area contributed by atoms with Crippen molar-refractivity contribution in [2.24, 2.45) is 5.14 Å². The van der Waals surface area contributed by atoms with Crippen molar-refractivity contribution in [2.75, 3.05) is 20.3 Å². The molecule has 2 rings (SSSR count). The van der Waals surface area contributed by atoms with Crippen molar-refractivity contribution in [2.45, 2.75) is 4.90 Å². The highest BCUT2D eigenvalue weighted by Crippen LogP contribution is 2.23. The number of hydrogen-bond acceptors (Lipinski definition) is 6. The van der Waals surface area contributed by atoms with Gasteiger partial charge in [0.15, 0.2) is 11.6 Å².